The fourth-order valence-electron chi connectivity index (χ4n) is 2.06. The smallest absolute Gasteiger partial charge is 0.242 e. The summed E-state index contributed by atoms with van der Waals surface area (Å²) >= 11 is 0. The van der Waals surface area contributed by atoms with Crippen LogP contribution in [0.3, 0.4) is 0 Å². The van der Waals surface area contributed by atoms with E-state index in [1.165, 1.54) is 26.2 Å². The quantitative estimate of drug-likeness (QED) is 0.506. The van der Waals surface area contributed by atoms with Gasteiger partial charge in [0.15, 0.2) is 0 Å². The van der Waals surface area contributed by atoms with Crippen molar-refractivity contribution in [1.82, 2.24) is 5.01 Å². The average molecular weight is 198 g/mol. The molecule has 1 aliphatic rings. The third kappa shape index (κ3) is 3.09. The molecule has 1 fully saturated rings. The molecule has 0 heterocycles. The van der Waals surface area contributed by atoms with E-state index in [9.17, 15) is 9.70 Å². The molecule has 0 aromatic heterocycles. The second-order valence-electron chi connectivity index (χ2n) is 3.94. The van der Waals surface area contributed by atoms with E-state index in [0.717, 1.165) is 30.7 Å². The summed E-state index contributed by atoms with van der Waals surface area (Å²) in [5, 5.41) is 3.93. The van der Waals surface area contributed by atoms with Crippen LogP contribution in [0.15, 0.2) is 5.29 Å². The van der Waals surface area contributed by atoms with Crippen LogP contribution in [-0.4, -0.2) is 17.0 Å². The van der Waals surface area contributed by atoms with E-state index in [1.54, 1.807) is 0 Å². The van der Waals surface area contributed by atoms with Gasteiger partial charge in [0.25, 0.3) is 0 Å². The van der Waals surface area contributed by atoms with Crippen LogP contribution >= 0.6 is 0 Å². The summed E-state index contributed by atoms with van der Waals surface area (Å²) in [7, 11) is 0. The standard InChI is InChI=1S/C10H18N2O2/c1-9(13)12(11-14)10-7-5-3-2-4-6-8-10/h10H,2-8H2,1H3. The minimum atomic E-state index is -0.231. The van der Waals surface area contributed by atoms with Crippen LogP contribution in [0.1, 0.15) is 51.9 Å². The maximum atomic E-state index is 11.1. The lowest BCUT2D eigenvalue weighted by Crippen LogP contribution is -2.34. The molecule has 14 heavy (non-hydrogen) atoms. The van der Waals surface area contributed by atoms with Crippen molar-refractivity contribution >= 4 is 5.91 Å². The first kappa shape index (κ1) is 11.1. The van der Waals surface area contributed by atoms with Gasteiger partial charge in [0.1, 0.15) is 0 Å². The first-order valence-electron chi connectivity index (χ1n) is 5.39. The largest absolute Gasteiger partial charge is 0.273 e. The monoisotopic (exact) mass is 198 g/mol. The molecule has 4 nitrogen and oxygen atoms in total. The molecule has 0 spiro atoms. The molecule has 1 amide bonds. The van der Waals surface area contributed by atoms with Gasteiger partial charge in [-0.2, -0.15) is 5.01 Å². The molecule has 0 unspecified atom stereocenters. The Morgan fingerprint density at radius 2 is 1.64 bits per heavy atom. The van der Waals surface area contributed by atoms with Crippen LogP contribution in [0, 0.1) is 4.91 Å². The maximum Gasteiger partial charge on any atom is 0.242 e. The van der Waals surface area contributed by atoms with Gasteiger partial charge in [0.05, 0.1) is 11.3 Å². The minimum Gasteiger partial charge on any atom is -0.273 e. The molecule has 0 N–H and O–H groups in total. The molecule has 0 saturated heterocycles. The normalized spacial score (nSPS) is 19.5. The highest BCUT2D eigenvalue weighted by Gasteiger charge is 2.22. The molecule has 0 atom stereocenters. The van der Waals surface area contributed by atoms with E-state index in [4.69, 9.17) is 0 Å². The van der Waals surface area contributed by atoms with Crippen LogP contribution in [0.2, 0.25) is 0 Å². The highest BCUT2D eigenvalue weighted by molar-refractivity contribution is 5.73. The van der Waals surface area contributed by atoms with Crippen LogP contribution in [0.4, 0.5) is 0 Å². The Morgan fingerprint density at radius 3 is 2.07 bits per heavy atom. The average Bonchev–Trinajstić information content (AvgIpc) is 2.08. The Kier molecular flexibility index (Phi) is 4.56. The summed E-state index contributed by atoms with van der Waals surface area (Å²) in [5.41, 5.74) is 0. The fourth-order valence-corrected chi connectivity index (χ4v) is 2.06. The molecule has 0 aromatic rings. The number of nitrogens with zero attached hydrogens (tertiary/aromatic N) is 2. The summed E-state index contributed by atoms with van der Waals surface area (Å²) in [6, 6.07) is 0.0466. The van der Waals surface area contributed by atoms with Gasteiger partial charge in [0, 0.05) is 6.92 Å². The van der Waals surface area contributed by atoms with Crippen molar-refractivity contribution in [3.05, 3.63) is 4.91 Å². The van der Waals surface area contributed by atoms with Crippen molar-refractivity contribution < 1.29 is 4.79 Å². The van der Waals surface area contributed by atoms with Crippen molar-refractivity contribution in [1.29, 1.82) is 0 Å². The Morgan fingerprint density at radius 1 is 1.14 bits per heavy atom. The number of carbonyl (C=O) groups is 1. The second kappa shape index (κ2) is 5.73. The molecule has 4 heteroatoms. The van der Waals surface area contributed by atoms with Crippen LogP contribution in [-0.2, 0) is 4.79 Å². The summed E-state index contributed by atoms with van der Waals surface area (Å²) < 4.78 is 0. The van der Waals surface area contributed by atoms with E-state index in [0.29, 0.717) is 0 Å². The number of hydrogen-bond acceptors (Lipinski definition) is 3. The zero-order valence-corrected chi connectivity index (χ0v) is 8.74. The van der Waals surface area contributed by atoms with Crippen molar-refractivity contribution in [3.8, 4) is 0 Å². The van der Waals surface area contributed by atoms with Gasteiger partial charge in [-0.05, 0) is 12.8 Å². The predicted octanol–water partition coefficient (Wildman–Crippen LogP) is 2.63. The SMILES string of the molecule is CC(=O)N(N=O)C1CCCCCCC1. The number of rotatable bonds is 2. The molecule has 0 radical (unpaired) electrons. The van der Waals surface area contributed by atoms with Gasteiger partial charge in [-0.3, -0.25) is 4.79 Å². The first-order chi connectivity index (χ1) is 6.75. The molecule has 1 rings (SSSR count). The summed E-state index contributed by atoms with van der Waals surface area (Å²) in [5.74, 6) is -0.231. The van der Waals surface area contributed by atoms with E-state index in [-0.39, 0.29) is 11.9 Å². The van der Waals surface area contributed by atoms with Gasteiger partial charge < -0.3 is 0 Å². The topological polar surface area (TPSA) is 49.7 Å². The van der Waals surface area contributed by atoms with Gasteiger partial charge in [-0.15, -0.1) is 4.91 Å². The molecular formula is C10H18N2O2. The van der Waals surface area contributed by atoms with Crippen molar-refractivity contribution in [2.24, 2.45) is 5.29 Å². The second-order valence-corrected chi connectivity index (χ2v) is 3.94. The van der Waals surface area contributed by atoms with Gasteiger partial charge in [-0.25, -0.2) is 0 Å². The van der Waals surface area contributed by atoms with Crippen molar-refractivity contribution in [3.63, 3.8) is 0 Å². The molecule has 0 bridgehead atoms. The van der Waals surface area contributed by atoms with Crippen molar-refractivity contribution in [2.45, 2.75) is 57.9 Å². The van der Waals surface area contributed by atoms with E-state index in [1.807, 2.05) is 0 Å². The lowest BCUT2D eigenvalue weighted by atomic mass is 9.96. The molecule has 0 aliphatic heterocycles. The molecule has 0 aromatic carbocycles. The number of amides is 1. The van der Waals surface area contributed by atoms with E-state index >= 15 is 0 Å². The molecule has 80 valence electrons. The summed E-state index contributed by atoms with van der Waals surface area (Å²) in [6.45, 7) is 1.40. The van der Waals surface area contributed by atoms with E-state index in [2.05, 4.69) is 5.29 Å². The summed E-state index contributed by atoms with van der Waals surface area (Å²) in [4.78, 5) is 21.6. The maximum absolute atomic E-state index is 11.1. The Labute approximate surface area is 84.6 Å². The Balaban J connectivity index is 2.52. The predicted molar refractivity (Wildman–Crippen MR) is 54.4 cm³/mol. The summed E-state index contributed by atoms with van der Waals surface area (Å²) in [6.07, 6.45) is 7.74. The van der Waals surface area contributed by atoms with Crippen LogP contribution in [0.5, 0.6) is 0 Å². The Hall–Kier alpha value is -0.930. The lowest BCUT2D eigenvalue weighted by molar-refractivity contribution is -0.131. The highest BCUT2D eigenvalue weighted by Crippen LogP contribution is 2.21. The molecule has 1 aliphatic carbocycles. The van der Waals surface area contributed by atoms with Gasteiger partial charge in [0.2, 0.25) is 5.91 Å². The zero-order valence-electron chi connectivity index (χ0n) is 8.74. The van der Waals surface area contributed by atoms with Gasteiger partial charge >= 0.3 is 0 Å². The third-order valence-corrected chi connectivity index (χ3v) is 2.83. The van der Waals surface area contributed by atoms with Crippen LogP contribution < -0.4 is 0 Å². The molecular weight excluding hydrogens is 180 g/mol. The third-order valence-electron chi connectivity index (χ3n) is 2.83. The van der Waals surface area contributed by atoms with Gasteiger partial charge in [-0.1, -0.05) is 32.1 Å². The number of hydrogen-bond donors (Lipinski definition) is 0. The zero-order chi connectivity index (χ0) is 10.4. The van der Waals surface area contributed by atoms with E-state index < -0.39 is 0 Å². The number of nitroso groups, excluding NO2 is 1. The fraction of sp³-hybridized carbons (Fsp3) is 0.900. The number of carbonyl (C=O) groups excluding carboxylic acids is 1. The minimum absolute atomic E-state index is 0.0466. The first-order valence-corrected chi connectivity index (χ1v) is 5.39. The lowest BCUT2D eigenvalue weighted by Gasteiger charge is -2.25. The van der Waals surface area contributed by atoms with Crippen LogP contribution in [0.25, 0.3) is 0 Å². The highest BCUT2D eigenvalue weighted by atomic mass is 16.3. The Bertz CT molecular complexity index is 198. The van der Waals surface area contributed by atoms with Crippen molar-refractivity contribution in [2.75, 3.05) is 0 Å². The molecule has 1 saturated carbocycles.